The lowest BCUT2D eigenvalue weighted by atomic mass is 9.88. The van der Waals surface area contributed by atoms with E-state index in [1.165, 1.54) is 42.5 Å². The van der Waals surface area contributed by atoms with E-state index in [9.17, 15) is 24.8 Å². The highest BCUT2D eigenvalue weighted by atomic mass is 19.3. The molecule has 2 aromatic rings. The van der Waals surface area contributed by atoms with Gasteiger partial charge in [0, 0.05) is 5.56 Å². The lowest BCUT2D eigenvalue weighted by molar-refractivity contribution is -0.344. The average Bonchev–Trinajstić information content (AvgIpc) is 2.95. The van der Waals surface area contributed by atoms with Gasteiger partial charge in [0.15, 0.2) is 0 Å². The minimum absolute atomic E-state index is 0.0243. The Morgan fingerprint density at radius 1 is 1.07 bits per heavy atom. The van der Waals surface area contributed by atoms with Crippen molar-refractivity contribution in [2.75, 3.05) is 6.61 Å². The zero-order valence-corrected chi connectivity index (χ0v) is 15.1. The van der Waals surface area contributed by atoms with Gasteiger partial charge in [-0.25, -0.2) is 4.39 Å². The summed E-state index contributed by atoms with van der Waals surface area (Å²) < 4.78 is 48.7. The fourth-order valence-corrected chi connectivity index (χ4v) is 3.42. The molecule has 1 saturated heterocycles. The number of ether oxygens (including phenoxy) is 1. The highest BCUT2D eigenvalue weighted by molar-refractivity contribution is 5.37. The predicted molar refractivity (Wildman–Crippen MR) is 94.5 cm³/mol. The largest absolute Gasteiger partial charge is 0.394 e. The number of aliphatic hydroxyl groups is 5. The molecule has 0 saturated carbocycles. The zero-order valence-electron chi connectivity index (χ0n) is 15.1. The molecule has 1 aliphatic heterocycles. The molecule has 3 rings (SSSR count). The predicted octanol–water partition coefficient (Wildman–Crippen LogP) is 0.671. The Hall–Kier alpha value is -2.01. The van der Waals surface area contributed by atoms with Crippen molar-refractivity contribution in [1.82, 2.24) is 0 Å². The maximum Gasteiger partial charge on any atom is 0.328 e. The third kappa shape index (κ3) is 3.77. The molecule has 0 radical (unpaired) electrons. The number of alkyl halides is 2. The Balaban J connectivity index is 1.98. The Kier molecular flexibility index (Phi) is 6.00. The van der Waals surface area contributed by atoms with Gasteiger partial charge in [0.05, 0.1) is 6.61 Å². The summed E-state index contributed by atoms with van der Waals surface area (Å²) in [7, 11) is 0. The fraction of sp³-hybridized carbons (Fsp3) is 0.400. The van der Waals surface area contributed by atoms with E-state index in [0.29, 0.717) is 5.56 Å². The molecule has 6 nitrogen and oxygen atoms in total. The monoisotopic (exact) mass is 414 g/mol. The molecule has 0 spiro atoms. The second kappa shape index (κ2) is 8.02. The van der Waals surface area contributed by atoms with Gasteiger partial charge in [-0.05, 0) is 29.7 Å². The molecule has 1 heterocycles. The summed E-state index contributed by atoms with van der Waals surface area (Å²) in [4.78, 5) is 0. The molecule has 1 fully saturated rings. The maximum absolute atomic E-state index is 15.4. The molecule has 9 heteroatoms. The van der Waals surface area contributed by atoms with Crippen molar-refractivity contribution < 1.29 is 43.4 Å². The standard InChI is InChI=1S/C20H21F3O6/c21-13-7-5-11(6-8-13)9-12-3-1-2-4-14(12)19(22,23)20(28)18(27)16(26)17(29-20)15(25)10-24/h1-8,15-18,24-28H,9-10H2/t15?,16-,17?,18+,20?/m0/s1. The highest BCUT2D eigenvalue weighted by Crippen LogP contribution is 2.48. The summed E-state index contributed by atoms with van der Waals surface area (Å²) >= 11 is 0. The van der Waals surface area contributed by atoms with Crippen molar-refractivity contribution in [3.63, 3.8) is 0 Å². The Morgan fingerprint density at radius 3 is 2.31 bits per heavy atom. The average molecular weight is 414 g/mol. The lowest BCUT2D eigenvalue weighted by Crippen LogP contribution is -2.55. The van der Waals surface area contributed by atoms with E-state index in [1.807, 2.05) is 0 Å². The summed E-state index contributed by atoms with van der Waals surface area (Å²) in [5, 5.41) is 49.2. The summed E-state index contributed by atoms with van der Waals surface area (Å²) in [5.41, 5.74) is -0.0608. The molecule has 0 aliphatic carbocycles. The number of benzene rings is 2. The van der Waals surface area contributed by atoms with E-state index in [0.717, 1.165) is 6.07 Å². The minimum atomic E-state index is -4.20. The van der Waals surface area contributed by atoms with E-state index in [4.69, 9.17) is 9.84 Å². The normalized spacial score (nSPS) is 28.5. The van der Waals surface area contributed by atoms with Crippen LogP contribution in [0.25, 0.3) is 0 Å². The third-order valence-corrected chi connectivity index (χ3v) is 5.06. The summed E-state index contributed by atoms with van der Waals surface area (Å²) in [6, 6.07) is 10.5. The molecule has 0 bridgehead atoms. The molecule has 0 amide bonds. The first-order chi connectivity index (χ1) is 13.6. The Labute approximate surface area is 164 Å². The van der Waals surface area contributed by atoms with E-state index in [1.54, 1.807) is 0 Å². The maximum atomic E-state index is 15.4. The van der Waals surface area contributed by atoms with Crippen LogP contribution in [0.1, 0.15) is 16.7 Å². The first kappa shape index (κ1) is 21.7. The van der Waals surface area contributed by atoms with Gasteiger partial charge in [0.2, 0.25) is 0 Å². The van der Waals surface area contributed by atoms with Gasteiger partial charge in [-0.3, -0.25) is 0 Å². The van der Waals surface area contributed by atoms with Crippen molar-refractivity contribution in [2.45, 2.75) is 42.5 Å². The zero-order chi connectivity index (χ0) is 21.4. The van der Waals surface area contributed by atoms with Crippen molar-refractivity contribution in [3.8, 4) is 0 Å². The van der Waals surface area contributed by atoms with Crippen LogP contribution < -0.4 is 0 Å². The summed E-state index contributed by atoms with van der Waals surface area (Å²) in [6.45, 7) is -0.933. The van der Waals surface area contributed by atoms with Crippen LogP contribution in [-0.4, -0.2) is 62.3 Å². The van der Waals surface area contributed by atoms with Gasteiger partial charge in [0.1, 0.15) is 30.2 Å². The van der Waals surface area contributed by atoms with Gasteiger partial charge in [-0.2, -0.15) is 8.78 Å². The quantitative estimate of drug-likeness (QED) is 0.475. The van der Waals surface area contributed by atoms with E-state index in [-0.39, 0.29) is 12.0 Å². The molecule has 5 N–H and O–H groups in total. The summed E-state index contributed by atoms with van der Waals surface area (Å²) in [6.07, 6.45) is -8.15. The molecule has 0 aromatic heterocycles. The topological polar surface area (TPSA) is 110 Å². The van der Waals surface area contributed by atoms with Gasteiger partial charge >= 0.3 is 5.92 Å². The van der Waals surface area contributed by atoms with Crippen LogP contribution >= 0.6 is 0 Å². The minimum Gasteiger partial charge on any atom is -0.394 e. The fourth-order valence-electron chi connectivity index (χ4n) is 3.42. The van der Waals surface area contributed by atoms with Gasteiger partial charge in [0.25, 0.3) is 5.79 Å². The van der Waals surface area contributed by atoms with Crippen LogP contribution in [0.2, 0.25) is 0 Å². The van der Waals surface area contributed by atoms with Crippen molar-refractivity contribution in [2.24, 2.45) is 0 Å². The van der Waals surface area contributed by atoms with Gasteiger partial charge in [-0.15, -0.1) is 0 Å². The van der Waals surface area contributed by atoms with Crippen LogP contribution in [0.4, 0.5) is 13.2 Å². The first-order valence-electron chi connectivity index (χ1n) is 8.87. The molecular formula is C20H21F3O6. The first-order valence-corrected chi connectivity index (χ1v) is 8.87. The Morgan fingerprint density at radius 2 is 1.69 bits per heavy atom. The van der Waals surface area contributed by atoms with Crippen LogP contribution in [-0.2, 0) is 17.1 Å². The molecule has 3 unspecified atom stereocenters. The van der Waals surface area contributed by atoms with E-state index < -0.39 is 54.1 Å². The molecule has 2 aromatic carbocycles. The highest BCUT2D eigenvalue weighted by Gasteiger charge is 2.68. The van der Waals surface area contributed by atoms with Crippen LogP contribution in [0.5, 0.6) is 0 Å². The van der Waals surface area contributed by atoms with Gasteiger partial charge in [-0.1, -0.05) is 36.4 Å². The number of halogens is 3. The third-order valence-electron chi connectivity index (χ3n) is 5.06. The SMILES string of the molecule is OCC(O)C1OC(O)(C(F)(F)c2ccccc2Cc2ccc(F)cc2)[C@H](O)[C@H]1O. The lowest BCUT2D eigenvalue weighted by Gasteiger charge is -2.35. The van der Waals surface area contributed by atoms with Crippen molar-refractivity contribution >= 4 is 0 Å². The molecular weight excluding hydrogens is 393 g/mol. The number of rotatable bonds is 6. The van der Waals surface area contributed by atoms with Crippen LogP contribution in [0, 0.1) is 5.82 Å². The van der Waals surface area contributed by atoms with E-state index >= 15 is 8.78 Å². The molecule has 158 valence electrons. The second-order valence-corrected chi connectivity index (χ2v) is 7.00. The Bertz CT molecular complexity index is 846. The van der Waals surface area contributed by atoms with Crippen LogP contribution in [0.3, 0.4) is 0 Å². The smallest absolute Gasteiger partial charge is 0.328 e. The second-order valence-electron chi connectivity index (χ2n) is 7.00. The van der Waals surface area contributed by atoms with E-state index in [2.05, 4.69) is 0 Å². The van der Waals surface area contributed by atoms with Crippen LogP contribution in [0.15, 0.2) is 48.5 Å². The molecule has 29 heavy (non-hydrogen) atoms. The van der Waals surface area contributed by atoms with Crippen molar-refractivity contribution in [1.29, 1.82) is 0 Å². The van der Waals surface area contributed by atoms with Gasteiger partial charge < -0.3 is 30.3 Å². The number of aliphatic hydroxyl groups excluding tert-OH is 4. The molecule has 1 aliphatic rings. The van der Waals surface area contributed by atoms with Crippen molar-refractivity contribution in [3.05, 3.63) is 71.0 Å². The number of hydrogen-bond donors (Lipinski definition) is 5. The molecule has 5 atom stereocenters. The summed E-state index contributed by atoms with van der Waals surface area (Å²) in [5.74, 6) is -8.23. The number of hydrogen-bond acceptors (Lipinski definition) is 6.